The van der Waals surface area contributed by atoms with Gasteiger partial charge in [0, 0.05) is 75.6 Å². The van der Waals surface area contributed by atoms with Crippen LogP contribution in [0.5, 0.6) is 17.4 Å². The Morgan fingerprint density at radius 2 is 1.70 bits per heavy atom. The lowest BCUT2D eigenvalue weighted by molar-refractivity contribution is -0.136. The molecule has 6 rings (SSSR count). The SMILES string of the molecule is CCOc1cc(OC)ccc1S(=O)(=O)N1C(=O)C(CC(=O)N2CCC(N3CCN(C(C)C)CC3)CC2)(c2cccnc2OCC)c2cc(C#N)ccc21. The number of piperidine rings is 1. The van der Waals surface area contributed by atoms with Gasteiger partial charge in [0.1, 0.15) is 21.8 Å². The smallest absolute Gasteiger partial charge is 0.274 e. The van der Waals surface area contributed by atoms with E-state index in [1.54, 1.807) is 30.9 Å². The van der Waals surface area contributed by atoms with Gasteiger partial charge in [-0.05, 0) is 82.5 Å². The highest BCUT2D eigenvalue weighted by Gasteiger charge is 2.59. The Kier molecular flexibility index (Phi) is 11.3. The number of carbonyl (C=O) groups is 2. The number of hydrogen-bond donors (Lipinski definition) is 0. The molecule has 2 saturated heterocycles. The van der Waals surface area contributed by atoms with Crippen molar-refractivity contribution in [2.45, 2.75) is 69.4 Å². The summed E-state index contributed by atoms with van der Waals surface area (Å²) < 4.78 is 47.3. The highest BCUT2D eigenvalue weighted by molar-refractivity contribution is 7.93. The molecule has 0 radical (unpaired) electrons. The Balaban J connectivity index is 1.41. The predicted molar refractivity (Wildman–Crippen MR) is 199 cm³/mol. The highest BCUT2D eigenvalue weighted by atomic mass is 32.2. The number of anilines is 1. The third-order valence-electron chi connectivity index (χ3n) is 10.7. The molecule has 1 unspecified atom stereocenters. The zero-order valence-corrected chi connectivity index (χ0v) is 31.9. The average molecular weight is 745 g/mol. The molecule has 282 valence electrons. The Morgan fingerprint density at radius 1 is 0.981 bits per heavy atom. The highest BCUT2D eigenvalue weighted by Crippen LogP contribution is 2.53. The van der Waals surface area contributed by atoms with E-state index >= 15 is 4.79 Å². The molecule has 53 heavy (non-hydrogen) atoms. The molecule has 3 aromatic rings. The van der Waals surface area contributed by atoms with Crippen molar-refractivity contribution in [3.8, 4) is 23.4 Å². The number of likely N-dealkylation sites (tertiary alicyclic amines) is 1. The second-order valence-corrected chi connectivity index (χ2v) is 15.6. The van der Waals surface area contributed by atoms with Crippen LogP contribution in [0.2, 0.25) is 0 Å². The van der Waals surface area contributed by atoms with Gasteiger partial charge in [-0.15, -0.1) is 0 Å². The maximum atomic E-state index is 15.3. The fourth-order valence-corrected chi connectivity index (χ4v) is 9.49. The predicted octanol–water partition coefficient (Wildman–Crippen LogP) is 4.19. The number of nitriles is 1. The van der Waals surface area contributed by atoms with E-state index in [0.717, 1.165) is 43.3 Å². The molecule has 0 aliphatic carbocycles. The molecule has 1 atom stereocenters. The van der Waals surface area contributed by atoms with Crippen LogP contribution in [0.1, 0.15) is 63.6 Å². The molecular formula is C39H48N6O7S. The molecule has 2 aromatic carbocycles. The first-order chi connectivity index (χ1) is 25.5. The molecule has 0 bridgehead atoms. The maximum absolute atomic E-state index is 15.3. The number of fused-ring (bicyclic) bond motifs is 1. The lowest BCUT2D eigenvalue weighted by atomic mass is 9.72. The summed E-state index contributed by atoms with van der Waals surface area (Å²) in [5, 5.41) is 10.0. The van der Waals surface area contributed by atoms with E-state index < -0.39 is 27.8 Å². The van der Waals surface area contributed by atoms with Crippen LogP contribution in [-0.2, 0) is 25.0 Å². The number of rotatable bonds is 12. The zero-order chi connectivity index (χ0) is 37.9. The summed E-state index contributed by atoms with van der Waals surface area (Å²) in [4.78, 5) is 40.9. The van der Waals surface area contributed by atoms with Crippen LogP contribution in [0.15, 0.2) is 59.6 Å². The number of pyridine rings is 1. The first kappa shape index (κ1) is 38.0. The summed E-state index contributed by atoms with van der Waals surface area (Å²) in [5.41, 5.74) is -1.21. The van der Waals surface area contributed by atoms with Crippen molar-refractivity contribution in [3.63, 3.8) is 0 Å². The molecule has 2 fully saturated rings. The average Bonchev–Trinajstić information content (AvgIpc) is 3.42. The van der Waals surface area contributed by atoms with Gasteiger partial charge >= 0.3 is 0 Å². The van der Waals surface area contributed by atoms with Crippen LogP contribution in [0.25, 0.3) is 0 Å². The van der Waals surface area contributed by atoms with Gasteiger partial charge in [-0.2, -0.15) is 5.26 Å². The van der Waals surface area contributed by atoms with Crippen LogP contribution in [0.3, 0.4) is 0 Å². The van der Waals surface area contributed by atoms with Crippen molar-refractivity contribution in [1.29, 1.82) is 5.26 Å². The lowest BCUT2D eigenvalue weighted by Gasteiger charge is -2.44. The maximum Gasteiger partial charge on any atom is 0.274 e. The number of sulfonamides is 1. The van der Waals surface area contributed by atoms with Gasteiger partial charge < -0.3 is 19.1 Å². The van der Waals surface area contributed by atoms with E-state index in [0.29, 0.717) is 30.9 Å². The van der Waals surface area contributed by atoms with Gasteiger partial charge in [0.05, 0.1) is 37.6 Å². The Bertz CT molecular complexity index is 1980. The van der Waals surface area contributed by atoms with Crippen molar-refractivity contribution in [1.82, 2.24) is 19.7 Å². The molecule has 4 heterocycles. The number of piperazine rings is 1. The first-order valence-electron chi connectivity index (χ1n) is 18.3. The molecule has 0 spiro atoms. The number of hydrogen-bond acceptors (Lipinski definition) is 11. The number of nitrogens with zero attached hydrogens (tertiary/aromatic N) is 6. The van der Waals surface area contributed by atoms with Gasteiger partial charge in [0.25, 0.3) is 15.9 Å². The Labute approximate surface area is 312 Å². The molecule has 2 amide bonds. The normalized spacial score (nSPS) is 20.0. The lowest BCUT2D eigenvalue weighted by Crippen LogP contribution is -2.55. The van der Waals surface area contributed by atoms with Gasteiger partial charge in [-0.25, -0.2) is 17.7 Å². The third kappa shape index (κ3) is 7.05. The summed E-state index contributed by atoms with van der Waals surface area (Å²) in [7, 11) is -3.21. The minimum Gasteiger partial charge on any atom is -0.497 e. The van der Waals surface area contributed by atoms with Crippen molar-refractivity contribution in [3.05, 3.63) is 71.4 Å². The van der Waals surface area contributed by atoms with Crippen LogP contribution in [0.4, 0.5) is 5.69 Å². The molecule has 3 aliphatic rings. The number of ether oxygens (including phenoxy) is 3. The Hall–Kier alpha value is -4.71. The molecule has 0 N–H and O–H groups in total. The van der Waals surface area contributed by atoms with Crippen molar-refractivity contribution in [2.75, 3.05) is 63.9 Å². The van der Waals surface area contributed by atoms with Crippen LogP contribution >= 0.6 is 0 Å². The topological polar surface area (TPSA) is 146 Å². The molecule has 1 aromatic heterocycles. The van der Waals surface area contributed by atoms with E-state index in [4.69, 9.17) is 14.2 Å². The van der Waals surface area contributed by atoms with Gasteiger partial charge in [-0.3, -0.25) is 19.4 Å². The standard InChI is InChI=1S/C39H48N6O7S/c1-6-51-34-24-30(50-5)11-13-35(34)53(48,49)45-33-12-10-28(26-40)23-32(33)39(38(45)47,31-9-8-16-41-37(31)52-7-2)25-36(46)44-17-14-29(15-18-44)43-21-19-42(20-22-43)27(3)4/h8-13,16,23-24,27,29H,6-7,14-15,17-22,25H2,1-5H3. The Morgan fingerprint density at radius 3 is 2.34 bits per heavy atom. The summed E-state index contributed by atoms with van der Waals surface area (Å²) in [6.07, 6.45) is 2.70. The molecule has 13 nitrogen and oxygen atoms in total. The van der Waals surface area contributed by atoms with E-state index in [1.165, 1.54) is 49.7 Å². The zero-order valence-electron chi connectivity index (χ0n) is 31.1. The van der Waals surface area contributed by atoms with Gasteiger partial charge in [0.15, 0.2) is 0 Å². The van der Waals surface area contributed by atoms with Gasteiger partial charge in [-0.1, -0.05) is 6.07 Å². The number of carbonyl (C=O) groups excluding carboxylic acids is 2. The second-order valence-electron chi connectivity index (χ2n) is 13.8. The second kappa shape index (κ2) is 15.7. The minimum absolute atomic E-state index is 0.00768. The largest absolute Gasteiger partial charge is 0.497 e. The molecular weight excluding hydrogens is 697 g/mol. The first-order valence-corrected chi connectivity index (χ1v) is 19.7. The quantitative estimate of drug-likeness (QED) is 0.263. The summed E-state index contributed by atoms with van der Waals surface area (Å²) in [5.74, 6) is -0.700. The number of benzene rings is 2. The number of methoxy groups -OCH3 is 1. The van der Waals surface area contributed by atoms with Crippen molar-refractivity contribution < 1.29 is 32.2 Å². The summed E-state index contributed by atoms with van der Waals surface area (Å²) >= 11 is 0. The van der Waals surface area contributed by atoms with Crippen LogP contribution < -0.4 is 18.5 Å². The van der Waals surface area contributed by atoms with E-state index in [9.17, 15) is 18.5 Å². The van der Waals surface area contributed by atoms with Crippen molar-refractivity contribution in [2.24, 2.45) is 0 Å². The fraction of sp³-hybridized carbons (Fsp3) is 0.487. The van der Waals surface area contributed by atoms with Crippen LogP contribution in [-0.4, -0.2) is 112 Å². The van der Waals surface area contributed by atoms with Crippen molar-refractivity contribution >= 4 is 27.5 Å². The minimum atomic E-state index is -4.67. The summed E-state index contributed by atoms with van der Waals surface area (Å²) in [6, 6.07) is 14.9. The molecule has 3 aliphatic heterocycles. The number of aromatic nitrogens is 1. The third-order valence-corrected chi connectivity index (χ3v) is 12.4. The van der Waals surface area contributed by atoms with E-state index in [-0.39, 0.29) is 58.0 Å². The van der Waals surface area contributed by atoms with E-state index in [2.05, 4.69) is 34.7 Å². The summed E-state index contributed by atoms with van der Waals surface area (Å²) in [6.45, 7) is 13.3. The monoisotopic (exact) mass is 744 g/mol. The number of amides is 2. The van der Waals surface area contributed by atoms with Gasteiger partial charge in [0.2, 0.25) is 11.8 Å². The van der Waals surface area contributed by atoms with Crippen LogP contribution in [0, 0.1) is 11.3 Å². The molecule has 0 saturated carbocycles. The fourth-order valence-electron chi connectivity index (χ4n) is 7.89. The van der Waals surface area contributed by atoms with E-state index in [1.807, 2.05) is 0 Å². The molecule has 14 heteroatoms.